The fourth-order valence-corrected chi connectivity index (χ4v) is 2.41. The molecule has 1 heterocycles. The summed E-state index contributed by atoms with van der Waals surface area (Å²) in [7, 11) is 0. The largest absolute Gasteiger partial charge is 0.491 e. The van der Waals surface area contributed by atoms with Crippen LogP contribution in [0.1, 0.15) is 32.8 Å². The first-order valence-electron chi connectivity index (χ1n) is 7.20. The number of carbonyl (C=O) groups excluding carboxylic acids is 1. The number of carbonyl (C=O) groups is 1. The van der Waals surface area contributed by atoms with Crippen LogP contribution >= 0.6 is 0 Å². The molecule has 0 radical (unpaired) electrons. The Labute approximate surface area is 120 Å². The van der Waals surface area contributed by atoms with Gasteiger partial charge in [-0.1, -0.05) is 0 Å². The molecule has 1 amide bonds. The SMILES string of the molecule is Cc1cc(OC(C)C)ccc1NC(=O)C1(C)CCNC1. The molecule has 2 rings (SSSR count). The maximum atomic E-state index is 12.4. The summed E-state index contributed by atoms with van der Waals surface area (Å²) in [4.78, 5) is 12.4. The van der Waals surface area contributed by atoms with E-state index in [1.54, 1.807) is 0 Å². The van der Waals surface area contributed by atoms with Crippen LogP contribution in [0.3, 0.4) is 0 Å². The molecular formula is C16H24N2O2. The minimum atomic E-state index is -0.306. The van der Waals surface area contributed by atoms with E-state index in [0.717, 1.165) is 36.5 Å². The summed E-state index contributed by atoms with van der Waals surface area (Å²) in [6.45, 7) is 9.64. The number of hydrogen-bond acceptors (Lipinski definition) is 3. The molecule has 1 fully saturated rings. The Hall–Kier alpha value is -1.55. The fraction of sp³-hybridized carbons (Fsp3) is 0.562. The van der Waals surface area contributed by atoms with Crippen LogP contribution in [-0.2, 0) is 4.79 Å². The molecule has 1 atom stereocenters. The third-order valence-electron chi connectivity index (χ3n) is 3.73. The average molecular weight is 276 g/mol. The minimum Gasteiger partial charge on any atom is -0.491 e. The van der Waals surface area contributed by atoms with Crippen LogP contribution in [0.4, 0.5) is 5.69 Å². The van der Waals surface area contributed by atoms with Gasteiger partial charge in [0.2, 0.25) is 5.91 Å². The zero-order chi connectivity index (χ0) is 14.8. The summed E-state index contributed by atoms with van der Waals surface area (Å²) in [6, 6.07) is 5.78. The molecule has 0 aromatic heterocycles. The number of hydrogen-bond donors (Lipinski definition) is 2. The predicted octanol–water partition coefficient (Wildman–Crippen LogP) is 2.72. The van der Waals surface area contributed by atoms with Crippen molar-refractivity contribution in [1.82, 2.24) is 5.32 Å². The molecule has 0 saturated carbocycles. The molecule has 1 unspecified atom stereocenters. The Morgan fingerprint density at radius 1 is 1.45 bits per heavy atom. The first kappa shape index (κ1) is 14.9. The predicted molar refractivity (Wildman–Crippen MR) is 81.2 cm³/mol. The van der Waals surface area contributed by atoms with Gasteiger partial charge in [-0.05, 0) is 64.4 Å². The van der Waals surface area contributed by atoms with E-state index in [2.05, 4.69) is 10.6 Å². The average Bonchev–Trinajstić information content (AvgIpc) is 2.80. The van der Waals surface area contributed by atoms with Crippen molar-refractivity contribution in [2.75, 3.05) is 18.4 Å². The number of aryl methyl sites for hydroxylation is 1. The molecule has 20 heavy (non-hydrogen) atoms. The van der Waals surface area contributed by atoms with E-state index in [4.69, 9.17) is 4.74 Å². The molecule has 4 heteroatoms. The summed E-state index contributed by atoms with van der Waals surface area (Å²) in [5.74, 6) is 0.923. The van der Waals surface area contributed by atoms with E-state index in [0.29, 0.717) is 0 Å². The molecule has 0 aliphatic carbocycles. The molecule has 0 bridgehead atoms. The second-order valence-corrected chi connectivity index (χ2v) is 6.08. The third kappa shape index (κ3) is 3.31. The number of benzene rings is 1. The first-order chi connectivity index (χ1) is 9.40. The Kier molecular flexibility index (Phi) is 4.33. The van der Waals surface area contributed by atoms with E-state index in [1.165, 1.54) is 0 Å². The minimum absolute atomic E-state index is 0.0862. The second kappa shape index (κ2) is 5.83. The van der Waals surface area contributed by atoms with Crippen molar-refractivity contribution in [3.63, 3.8) is 0 Å². The molecular weight excluding hydrogens is 252 g/mol. The fourth-order valence-electron chi connectivity index (χ4n) is 2.41. The van der Waals surface area contributed by atoms with Crippen molar-refractivity contribution in [2.24, 2.45) is 5.41 Å². The Morgan fingerprint density at radius 2 is 2.20 bits per heavy atom. The number of ether oxygens (including phenoxy) is 1. The van der Waals surface area contributed by atoms with Gasteiger partial charge in [0.25, 0.3) is 0 Å². The van der Waals surface area contributed by atoms with E-state index in [-0.39, 0.29) is 17.4 Å². The van der Waals surface area contributed by atoms with Gasteiger partial charge in [-0.15, -0.1) is 0 Å². The van der Waals surface area contributed by atoms with Gasteiger partial charge in [0.15, 0.2) is 0 Å². The molecule has 110 valence electrons. The van der Waals surface area contributed by atoms with Crippen molar-refractivity contribution in [3.8, 4) is 5.75 Å². The zero-order valence-electron chi connectivity index (χ0n) is 12.7. The van der Waals surface area contributed by atoms with Gasteiger partial charge in [0.1, 0.15) is 5.75 Å². The second-order valence-electron chi connectivity index (χ2n) is 6.08. The standard InChI is InChI=1S/C16H24N2O2/c1-11(2)20-13-5-6-14(12(3)9-13)18-15(19)16(4)7-8-17-10-16/h5-6,9,11,17H,7-8,10H2,1-4H3,(H,18,19). The van der Waals surface area contributed by atoms with E-state index < -0.39 is 0 Å². The van der Waals surface area contributed by atoms with Gasteiger partial charge in [-0.2, -0.15) is 0 Å². The number of rotatable bonds is 4. The Morgan fingerprint density at radius 3 is 2.75 bits per heavy atom. The third-order valence-corrected chi connectivity index (χ3v) is 3.73. The normalized spacial score (nSPS) is 22.1. The highest BCUT2D eigenvalue weighted by molar-refractivity contribution is 5.96. The highest BCUT2D eigenvalue weighted by Gasteiger charge is 2.36. The lowest BCUT2D eigenvalue weighted by Crippen LogP contribution is -2.35. The first-order valence-corrected chi connectivity index (χ1v) is 7.20. The lowest BCUT2D eigenvalue weighted by Gasteiger charge is -2.22. The van der Waals surface area contributed by atoms with E-state index in [9.17, 15) is 4.79 Å². The van der Waals surface area contributed by atoms with Crippen LogP contribution in [0.25, 0.3) is 0 Å². The molecule has 1 aromatic carbocycles. The Balaban J connectivity index is 2.08. The molecule has 1 aliphatic rings. The molecule has 1 aliphatic heterocycles. The van der Waals surface area contributed by atoms with Crippen LogP contribution in [0, 0.1) is 12.3 Å². The van der Waals surface area contributed by atoms with Gasteiger partial charge in [0.05, 0.1) is 11.5 Å². The van der Waals surface area contributed by atoms with Gasteiger partial charge in [0, 0.05) is 12.2 Å². The highest BCUT2D eigenvalue weighted by Crippen LogP contribution is 2.28. The van der Waals surface area contributed by atoms with Crippen molar-refractivity contribution >= 4 is 11.6 Å². The van der Waals surface area contributed by atoms with Crippen molar-refractivity contribution in [2.45, 2.75) is 40.2 Å². The summed E-state index contributed by atoms with van der Waals surface area (Å²) < 4.78 is 5.65. The molecule has 1 saturated heterocycles. The monoisotopic (exact) mass is 276 g/mol. The van der Waals surface area contributed by atoms with Gasteiger partial charge >= 0.3 is 0 Å². The molecule has 0 spiro atoms. The van der Waals surface area contributed by atoms with Crippen molar-refractivity contribution in [3.05, 3.63) is 23.8 Å². The topological polar surface area (TPSA) is 50.4 Å². The smallest absolute Gasteiger partial charge is 0.231 e. The zero-order valence-corrected chi connectivity index (χ0v) is 12.7. The quantitative estimate of drug-likeness (QED) is 0.889. The van der Waals surface area contributed by atoms with Crippen LogP contribution < -0.4 is 15.4 Å². The van der Waals surface area contributed by atoms with Crippen LogP contribution in [0.5, 0.6) is 5.75 Å². The highest BCUT2D eigenvalue weighted by atomic mass is 16.5. The maximum Gasteiger partial charge on any atom is 0.231 e. The lowest BCUT2D eigenvalue weighted by atomic mass is 9.88. The number of nitrogens with one attached hydrogen (secondary N) is 2. The molecule has 2 N–H and O–H groups in total. The van der Waals surface area contributed by atoms with Gasteiger partial charge in [-0.25, -0.2) is 0 Å². The summed E-state index contributed by atoms with van der Waals surface area (Å²) >= 11 is 0. The number of amides is 1. The van der Waals surface area contributed by atoms with Crippen molar-refractivity contribution < 1.29 is 9.53 Å². The molecule has 1 aromatic rings. The Bertz CT molecular complexity index is 491. The lowest BCUT2D eigenvalue weighted by molar-refractivity contribution is -0.123. The van der Waals surface area contributed by atoms with Crippen LogP contribution in [0.2, 0.25) is 0 Å². The maximum absolute atomic E-state index is 12.4. The van der Waals surface area contributed by atoms with Crippen LogP contribution in [0.15, 0.2) is 18.2 Å². The van der Waals surface area contributed by atoms with Gasteiger partial charge in [-0.3, -0.25) is 4.79 Å². The van der Waals surface area contributed by atoms with E-state index >= 15 is 0 Å². The summed E-state index contributed by atoms with van der Waals surface area (Å²) in [5, 5.41) is 6.28. The molecule has 4 nitrogen and oxygen atoms in total. The van der Waals surface area contributed by atoms with Crippen LogP contribution in [-0.4, -0.2) is 25.1 Å². The summed E-state index contributed by atoms with van der Waals surface area (Å²) in [6.07, 6.45) is 1.03. The van der Waals surface area contributed by atoms with E-state index in [1.807, 2.05) is 45.9 Å². The van der Waals surface area contributed by atoms with Gasteiger partial charge < -0.3 is 15.4 Å². The summed E-state index contributed by atoms with van der Waals surface area (Å²) in [5.41, 5.74) is 1.57. The van der Waals surface area contributed by atoms with Crippen molar-refractivity contribution in [1.29, 1.82) is 0 Å². The number of anilines is 1.